The minimum atomic E-state index is -4.60. The first-order chi connectivity index (χ1) is 34.0. The van der Waals surface area contributed by atoms with Crippen LogP contribution in [0.4, 0.5) is 0 Å². The summed E-state index contributed by atoms with van der Waals surface area (Å²) in [6, 6.07) is -0.908. The summed E-state index contributed by atoms with van der Waals surface area (Å²) >= 11 is 0. The molecule has 0 aliphatic rings. The lowest BCUT2D eigenvalue weighted by Crippen LogP contribution is -2.45. The molecule has 3 unspecified atom stereocenters. The summed E-state index contributed by atoms with van der Waals surface area (Å²) < 4.78 is 23.1. The molecule has 70 heavy (non-hydrogen) atoms. The molecule has 0 heterocycles. The average Bonchev–Trinajstić information content (AvgIpc) is 3.32. The average molecular weight is 987 g/mol. The SMILES string of the molecule is CC/C=C\C/C=C\C/C=C\C/C=C\C/C=C\C/C=C\C/C=C\C/C=C\C/C=C\C/C=C\C/C=C\C/C=C\CCCCCCC(=O)NC(COP(=O)([O-])OCC[N+](C)(C)C)C(O)/C=C/CCCCCCC. The van der Waals surface area contributed by atoms with Crippen molar-refractivity contribution in [2.45, 2.75) is 180 Å². The van der Waals surface area contributed by atoms with Gasteiger partial charge in [-0.15, -0.1) is 0 Å². The van der Waals surface area contributed by atoms with Crippen molar-refractivity contribution in [3.63, 3.8) is 0 Å². The van der Waals surface area contributed by atoms with E-state index in [1.165, 1.54) is 19.3 Å². The van der Waals surface area contributed by atoms with Gasteiger partial charge in [0.1, 0.15) is 13.2 Å². The zero-order chi connectivity index (χ0) is 51.3. The molecule has 8 nitrogen and oxygen atoms in total. The highest BCUT2D eigenvalue weighted by molar-refractivity contribution is 7.45. The van der Waals surface area contributed by atoms with Crippen LogP contribution < -0.4 is 10.2 Å². The summed E-state index contributed by atoms with van der Waals surface area (Å²) in [6.45, 7) is 4.41. The summed E-state index contributed by atoms with van der Waals surface area (Å²) in [5.74, 6) is -0.235. The predicted octanol–water partition coefficient (Wildman–Crippen LogP) is 15.7. The van der Waals surface area contributed by atoms with Gasteiger partial charge < -0.3 is 28.8 Å². The molecule has 0 fully saturated rings. The number of amides is 1. The van der Waals surface area contributed by atoms with E-state index in [2.05, 4.69) is 165 Å². The molecule has 394 valence electrons. The van der Waals surface area contributed by atoms with E-state index in [0.717, 1.165) is 128 Å². The summed E-state index contributed by atoms with van der Waals surface area (Å²) in [7, 11) is 1.21. The van der Waals surface area contributed by atoms with Gasteiger partial charge in [0.05, 0.1) is 39.9 Å². The Bertz CT molecular complexity index is 1690. The fourth-order valence-corrected chi connectivity index (χ4v) is 7.27. The number of aliphatic hydroxyl groups is 1. The Labute approximate surface area is 429 Å². The van der Waals surface area contributed by atoms with Crippen molar-refractivity contribution in [3.05, 3.63) is 158 Å². The fraction of sp³-hybridized carbons (Fsp3) is 0.557. The van der Waals surface area contributed by atoms with Crippen molar-refractivity contribution < 1.29 is 32.9 Å². The Balaban J connectivity index is 4.10. The number of rotatable bonds is 46. The van der Waals surface area contributed by atoms with E-state index in [1.54, 1.807) is 6.08 Å². The number of likely N-dealkylation sites (N-methyl/N-ethyl adjacent to an activating group) is 1. The van der Waals surface area contributed by atoms with Gasteiger partial charge in [0.2, 0.25) is 5.91 Å². The predicted molar refractivity (Wildman–Crippen MR) is 301 cm³/mol. The molecule has 0 radical (unpaired) electrons. The van der Waals surface area contributed by atoms with E-state index in [4.69, 9.17) is 9.05 Å². The molecule has 0 rings (SSSR count). The van der Waals surface area contributed by atoms with Gasteiger partial charge in [-0.3, -0.25) is 9.36 Å². The topological polar surface area (TPSA) is 108 Å². The molecule has 0 bridgehead atoms. The molecule has 0 aromatic rings. The van der Waals surface area contributed by atoms with E-state index in [9.17, 15) is 19.4 Å². The zero-order valence-corrected chi connectivity index (χ0v) is 45.5. The van der Waals surface area contributed by atoms with Crippen LogP contribution in [0.3, 0.4) is 0 Å². The third kappa shape index (κ3) is 52.0. The third-order valence-electron chi connectivity index (χ3n) is 10.7. The second-order valence-electron chi connectivity index (χ2n) is 18.5. The smallest absolute Gasteiger partial charge is 0.268 e. The van der Waals surface area contributed by atoms with Crippen molar-refractivity contribution in [2.24, 2.45) is 0 Å². The minimum absolute atomic E-state index is 0.0155. The summed E-state index contributed by atoms with van der Waals surface area (Å²) in [4.78, 5) is 25.2. The number of allylic oxidation sites excluding steroid dienone is 25. The summed E-state index contributed by atoms with van der Waals surface area (Å²) in [5.41, 5.74) is 0. The third-order valence-corrected chi connectivity index (χ3v) is 11.7. The van der Waals surface area contributed by atoms with Crippen LogP contribution in [0.1, 0.15) is 168 Å². The number of unbranched alkanes of at least 4 members (excludes halogenated alkanes) is 9. The van der Waals surface area contributed by atoms with Crippen molar-refractivity contribution >= 4 is 13.7 Å². The number of hydrogen-bond donors (Lipinski definition) is 2. The standard InChI is InChI=1S/C61H99N2O6P/c1-6-8-10-12-14-15-16-17-18-19-20-21-22-23-24-25-26-27-28-29-30-31-32-33-34-35-36-37-38-39-40-41-42-43-44-45-46-47-49-51-53-55-61(65)62-59(60(64)54-52-50-48-13-11-9-7-2)58-69-70(66,67)68-57-56-63(3,4)5/h8,10,14-15,17-18,20-21,23-24,26-27,29-30,32-33,35-36,38-39,41-42,44-45,52,54,59-60,64H,6-7,9,11-13,16,19,22,25,28,31,34,37,40,43,46-51,53,55-58H2,1-5H3,(H-,62,65,66,67)/b10-8-,15-14-,18-17-,21-20-,24-23-,27-26-,30-29-,33-32-,36-35-,39-38-,42-41-,45-44-,54-52+. The highest BCUT2D eigenvalue weighted by atomic mass is 31.2. The molecule has 0 aliphatic heterocycles. The number of hydrogen-bond acceptors (Lipinski definition) is 6. The number of carbonyl (C=O) groups excluding carboxylic acids is 1. The van der Waals surface area contributed by atoms with Crippen LogP contribution in [0.25, 0.3) is 0 Å². The highest BCUT2D eigenvalue weighted by Gasteiger charge is 2.23. The van der Waals surface area contributed by atoms with Gasteiger partial charge in [-0.25, -0.2) is 0 Å². The van der Waals surface area contributed by atoms with Crippen molar-refractivity contribution in [2.75, 3.05) is 40.9 Å². The molecule has 9 heteroatoms. The van der Waals surface area contributed by atoms with Gasteiger partial charge in [-0.1, -0.05) is 210 Å². The monoisotopic (exact) mass is 987 g/mol. The number of phosphoric acid groups is 1. The highest BCUT2D eigenvalue weighted by Crippen LogP contribution is 2.38. The number of nitrogens with zero attached hydrogens (tertiary/aromatic N) is 1. The van der Waals surface area contributed by atoms with Crippen molar-refractivity contribution in [3.8, 4) is 0 Å². The van der Waals surface area contributed by atoms with Gasteiger partial charge >= 0.3 is 0 Å². The van der Waals surface area contributed by atoms with Crippen molar-refractivity contribution in [1.29, 1.82) is 0 Å². The van der Waals surface area contributed by atoms with Crippen LogP contribution in [0.2, 0.25) is 0 Å². The normalized spacial score (nSPS) is 15.2. The van der Waals surface area contributed by atoms with Gasteiger partial charge in [0.15, 0.2) is 0 Å². The molecule has 0 aromatic heterocycles. The largest absolute Gasteiger partial charge is 0.756 e. The fourth-order valence-electron chi connectivity index (χ4n) is 6.54. The summed E-state index contributed by atoms with van der Waals surface area (Å²) in [6.07, 6.45) is 79.2. The Morgan fingerprint density at radius 2 is 0.871 bits per heavy atom. The Hall–Kier alpha value is -3.88. The van der Waals surface area contributed by atoms with E-state index in [0.29, 0.717) is 17.4 Å². The molecule has 2 N–H and O–H groups in total. The van der Waals surface area contributed by atoms with Crippen LogP contribution in [-0.2, 0) is 18.4 Å². The molecule has 3 atom stereocenters. The van der Waals surface area contributed by atoms with E-state index in [1.807, 2.05) is 27.2 Å². The maximum Gasteiger partial charge on any atom is 0.268 e. The summed E-state index contributed by atoms with van der Waals surface area (Å²) in [5, 5.41) is 13.7. The van der Waals surface area contributed by atoms with Crippen LogP contribution in [-0.4, -0.2) is 68.5 Å². The molecule has 0 saturated heterocycles. The van der Waals surface area contributed by atoms with Crippen LogP contribution >= 0.6 is 7.82 Å². The lowest BCUT2D eigenvalue weighted by atomic mass is 10.1. The number of nitrogens with one attached hydrogen (secondary N) is 1. The lowest BCUT2D eigenvalue weighted by Gasteiger charge is -2.29. The lowest BCUT2D eigenvalue weighted by molar-refractivity contribution is -0.870. The number of phosphoric ester groups is 1. The van der Waals surface area contributed by atoms with E-state index < -0.39 is 26.6 Å². The quantitative estimate of drug-likeness (QED) is 0.0272. The molecular weight excluding hydrogens is 888 g/mol. The first-order valence-electron chi connectivity index (χ1n) is 26.8. The molecule has 1 amide bonds. The van der Waals surface area contributed by atoms with E-state index in [-0.39, 0.29) is 12.5 Å². The van der Waals surface area contributed by atoms with Gasteiger partial charge in [-0.2, -0.15) is 0 Å². The first-order valence-corrected chi connectivity index (χ1v) is 28.3. The number of quaternary nitrogens is 1. The molecule has 0 spiro atoms. The number of aliphatic hydroxyl groups excluding tert-OH is 1. The van der Waals surface area contributed by atoms with E-state index >= 15 is 0 Å². The minimum Gasteiger partial charge on any atom is -0.756 e. The second-order valence-corrected chi connectivity index (χ2v) is 19.9. The Morgan fingerprint density at radius 1 is 0.514 bits per heavy atom. The van der Waals surface area contributed by atoms with Gasteiger partial charge in [0.25, 0.3) is 7.82 Å². The molecule has 0 aliphatic carbocycles. The maximum absolute atomic E-state index is 12.8. The van der Waals surface area contributed by atoms with Gasteiger partial charge in [-0.05, 0) is 109 Å². The Kier molecular flexibility index (Phi) is 47.3. The van der Waals surface area contributed by atoms with Crippen LogP contribution in [0.5, 0.6) is 0 Å². The Morgan fingerprint density at radius 3 is 1.26 bits per heavy atom. The number of carbonyl (C=O) groups is 1. The van der Waals surface area contributed by atoms with Crippen LogP contribution in [0.15, 0.2) is 158 Å². The molecule has 0 saturated carbocycles. The molecular formula is C61H99N2O6P. The maximum atomic E-state index is 12.8. The second kappa shape index (κ2) is 50.1. The van der Waals surface area contributed by atoms with Crippen LogP contribution in [0, 0.1) is 0 Å². The van der Waals surface area contributed by atoms with Crippen molar-refractivity contribution in [1.82, 2.24) is 5.32 Å². The zero-order valence-electron chi connectivity index (χ0n) is 44.6. The molecule has 0 aromatic carbocycles. The van der Waals surface area contributed by atoms with Gasteiger partial charge in [0, 0.05) is 6.42 Å². The first kappa shape index (κ1) is 66.1.